The van der Waals surface area contributed by atoms with E-state index in [1.807, 2.05) is 0 Å². The number of carbonyl (C=O) groups is 1. The molecule has 4 rings (SSSR count). The van der Waals surface area contributed by atoms with Crippen LogP contribution in [0.1, 0.15) is 10.5 Å². The van der Waals surface area contributed by atoms with Gasteiger partial charge < -0.3 is 9.64 Å². The largest absolute Gasteiger partial charge is 0.573 e. The van der Waals surface area contributed by atoms with Crippen molar-refractivity contribution in [1.29, 1.82) is 0 Å². The van der Waals surface area contributed by atoms with E-state index in [1.165, 1.54) is 29.1 Å². The minimum Gasteiger partial charge on any atom is -0.406 e. The van der Waals surface area contributed by atoms with Crippen LogP contribution in [0.5, 0.6) is 5.75 Å². The van der Waals surface area contributed by atoms with E-state index >= 15 is 0 Å². The molecule has 0 saturated carbocycles. The number of ether oxygens (including phenoxy) is 1. The molecule has 3 aromatic rings. The minimum atomic E-state index is -4.86. The first-order valence-corrected chi connectivity index (χ1v) is 10.3. The molecule has 0 radical (unpaired) electrons. The fourth-order valence-corrected chi connectivity index (χ4v) is 4.18. The molecule has 2 aromatic heterocycles. The molecule has 0 aliphatic carbocycles. The van der Waals surface area contributed by atoms with Gasteiger partial charge >= 0.3 is 6.36 Å². The van der Waals surface area contributed by atoms with Gasteiger partial charge in [0.25, 0.3) is 5.91 Å². The van der Waals surface area contributed by atoms with Gasteiger partial charge in [0.1, 0.15) is 5.75 Å². The monoisotopic (exact) mass is 454 g/mol. The number of rotatable bonds is 4. The van der Waals surface area contributed by atoms with Crippen molar-refractivity contribution in [1.82, 2.24) is 19.7 Å². The van der Waals surface area contributed by atoms with Gasteiger partial charge in [0, 0.05) is 29.1 Å². The molecule has 30 heavy (non-hydrogen) atoms. The molecule has 0 bridgehead atoms. The van der Waals surface area contributed by atoms with Gasteiger partial charge in [-0.1, -0.05) is 11.6 Å². The minimum absolute atomic E-state index is 0.0505. The molecule has 1 fully saturated rings. The second-order valence-electron chi connectivity index (χ2n) is 6.37. The van der Waals surface area contributed by atoms with Crippen LogP contribution in [-0.4, -0.2) is 50.1 Å². The quantitative estimate of drug-likeness (QED) is 0.575. The van der Waals surface area contributed by atoms with Crippen LogP contribution >= 0.6 is 23.4 Å². The van der Waals surface area contributed by atoms with Crippen molar-refractivity contribution in [3.8, 4) is 22.7 Å². The highest BCUT2D eigenvalue weighted by Crippen LogP contribution is 2.33. The van der Waals surface area contributed by atoms with Crippen molar-refractivity contribution in [2.24, 2.45) is 0 Å². The summed E-state index contributed by atoms with van der Waals surface area (Å²) in [5.74, 6) is 0.689. The van der Waals surface area contributed by atoms with Gasteiger partial charge in [-0.25, -0.2) is 4.68 Å². The smallest absolute Gasteiger partial charge is 0.406 e. The van der Waals surface area contributed by atoms with Gasteiger partial charge in [0.15, 0.2) is 5.69 Å². The number of amides is 1. The first-order chi connectivity index (χ1) is 14.3. The average molecular weight is 455 g/mol. The molecule has 1 aromatic carbocycles. The molecule has 3 heterocycles. The second kappa shape index (κ2) is 8.19. The topological polar surface area (TPSA) is 60.3 Å². The molecule has 1 saturated heterocycles. The summed E-state index contributed by atoms with van der Waals surface area (Å²) < 4.78 is 43.5. The van der Waals surface area contributed by atoms with Gasteiger partial charge in [0.05, 0.1) is 23.5 Å². The third-order valence-corrected chi connectivity index (χ3v) is 5.44. The molecular weight excluding hydrogens is 441 g/mol. The molecule has 11 heteroatoms. The maximum atomic E-state index is 12.8. The van der Waals surface area contributed by atoms with E-state index in [2.05, 4.69) is 14.8 Å². The maximum absolute atomic E-state index is 12.8. The van der Waals surface area contributed by atoms with Crippen LogP contribution in [0.2, 0.25) is 5.02 Å². The fraction of sp³-hybridized carbons (Fsp3) is 0.211. The lowest BCUT2D eigenvalue weighted by atomic mass is 10.1. The number of halogens is 4. The van der Waals surface area contributed by atoms with Crippen molar-refractivity contribution in [2.45, 2.75) is 6.36 Å². The van der Waals surface area contributed by atoms with Crippen LogP contribution in [0.15, 0.2) is 48.8 Å². The van der Waals surface area contributed by atoms with E-state index < -0.39 is 12.1 Å². The number of aromatic nitrogens is 3. The Morgan fingerprint density at radius 1 is 1.23 bits per heavy atom. The summed E-state index contributed by atoms with van der Waals surface area (Å²) in [6.07, 6.45) is -1.75. The Labute approximate surface area is 178 Å². The van der Waals surface area contributed by atoms with Crippen molar-refractivity contribution in [2.75, 3.05) is 18.2 Å². The SMILES string of the molecule is O=C(c1cc(-c2cc(Cl)cc(OC(F)(F)F)c2)n(-c2cccnc2)n1)N1CCSC1. The Hall–Kier alpha value is -2.72. The van der Waals surface area contributed by atoms with E-state index in [-0.39, 0.29) is 16.6 Å². The van der Waals surface area contributed by atoms with Crippen LogP contribution < -0.4 is 4.74 Å². The van der Waals surface area contributed by atoms with Crippen LogP contribution in [0.3, 0.4) is 0 Å². The van der Waals surface area contributed by atoms with Gasteiger partial charge in [-0.3, -0.25) is 9.78 Å². The lowest BCUT2D eigenvalue weighted by Crippen LogP contribution is -2.28. The summed E-state index contributed by atoms with van der Waals surface area (Å²) in [4.78, 5) is 18.5. The number of nitrogens with zero attached hydrogens (tertiary/aromatic N) is 4. The van der Waals surface area contributed by atoms with Crippen LogP contribution in [0.4, 0.5) is 13.2 Å². The molecule has 156 valence electrons. The van der Waals surface area contributed by atoms with Gasteiger partial charge in [-0.15, -0.1) is 24.9 Å². The molecule has 1 amide bonds. The highest BCUT2D eigenvalue weighted by atomic mass is 35.5. The van der Waals surface area contributed by atoms with E-state index in [0.29, 0.717) is 29.4 Å². The van der Waals surface area contributed by atoms with Crippen LogP contribution in [0, 0.1) is 0 Å². The predicted molar refractivity (Wildman–Crippen MR) is 107 cm³/mol. The normalized spacial score (nSPS) is 14.2. The Kier molecular flexibility index (Phi) is 5.61. The van der Waals surface area contributed by atoms with Gasteiger partial charge in [-0.2, -0.15) is 5.10 Å². The first kappa shape index (κ1) is 20.5. The highest BCUT2D eigenvalue weighted by Gasteiger charge is 2.31. The lowest BCUT2D eigenvalue weighted by Gasteiger charge is -2.12. The molecular formula is C19H14ClF3N4O2S. The van der Waals surface area contributed by atoms with E-state index in [1.54, 1.807) is 35.0 Å². The van der Waals surface area contributed by atoms with Crippen molar-refractivity contribution in [3.05, 3.63) is 59.5 Å². The Morgan fingerprint density at radius 2 is 2.07 bits per heavy atom. The molecule has 1 aliphatic rings. The Bertz CT molecular complexity index is 1070. The number of carbonyl (C=O) groups excluding carboxylic acids is 1. The maximum Gasteiger partial charge on any atom is 0.573 e. The third-order valence-electron chi connectivity index (χ3n) is 4.26. The van der Waals surface area contributed by atoms with Crippen LogP contribution in [-0.2, 0) is 0 Å². The van der Waals surface area contributed by atoms with Crippen LogP contribution in [0.25, 0.3) is 16.9 Å². The molecule has 0 atom stereocenters. The number of thioether (sulfide) groups is 1. The number of pyridine rings is 1. The molecule has 1 aliphatic heterocycles. The zero-order chi connectivity index (χ0) is 21.3. The summed E-state index contributed by atoms with van der Waals surface area (Å²) in [6.45, 7) is 0.610. The Balaban J connectivity index is 1.81. The van der Waals surface area contributed by atoms with Crippen molar-refractivity contribution < 1.29 is 22.7 Å². The number of alkyl halides is 3. The molecule has 0 N–H and O–H groups in total. The summed E-state index contributed by atoms with van der Waals surface area (Å²) in [6, 6.07) is 8.69. The predicted octanol–water partition coefficient (Wildman–Crippen LogP) is 4.63. The first-order valence-electron chi connectivity index (χ1n) is 8.74. The summed E-state index contributed by atoms with van der Waals surface area (Å²) >= 11 is 7.67. The van der Waals surface area contributed by atoms with E-state index in [9.17, 15) is 18.0 Å². The van der Waals surface area contributed by atoms with Crippen molar-refractivity contribution >= 4 is 29.3 Å². The standard InChI is InChI=1S/C19H14ClF3N4O2S/c20-13-6-12(7-15(8-13)29-19(21,22)23)17-9-16(18(28)26-4-5-30-11-26)25-27(17)14-2-1-3-24-10-14/h1-3,6-10H,4-5,11H2. The molecule has 0 spiro atoms. The van der Waals surface area contributed by atoms with Crippen molar-refractivity contribution in [3.63, 3.8) is 0 Å². The number of hydrogen-bond acceptors (Lipinski definition) is 5. The number of benzene rings is 1. The molecule has 6 nitrogen and oxygen atoms in total. The Morgan fingerprint density at radius 3 is 2.73 bits per heavy atom. The van der Waals surface area contributed by atoms with Gasteiger partial charge in [0.2, 0.25) is 0 Å². The van der Waals surface area contributed by atoms with E-state index in [0.717, 1.165) is 11.8 Å². The average Bonchev–Trinajstić information content (AvgIpc) is 3.37. The molecule has 0 unspecified atom stereocenters. The lowest BCUT2D eigenvalue weighted by molar-refractivity contribution is -0.274. The second-order valence-corrected chi connectivity index (χ2v) is 7.88. The zero-order valence-electron chi connectivity index (χ0n) is 15.3. The third kappa shape index (κ3) is 4.54. The van der Waals surface area contributed by atoms with E-state index in [4.69, 9.17) is 11.6 Å². The number of hydrogen-bond donors (Lipinski definition) is 0. The summed E-state index contributed by atoms with van der Waals surface area (Å²) in [5.41, 5.74) is 1.41. The summed E-state index contributed by atoms with van der Waals surface area (Å²) in [7, 11) is 0. The zero-order valence-corrected chi connectivity index (χ0v) is 16.8. The highest BCUT2D eigenvalue weighted by molar-refractivity contribution is 7.99. The summed E-state index contributed by atoms with van der Waals surface area (Å²) in [5, 5.41) is 4.46. The van der Waals surface area contributed by atoms with Gasteiger partial charge in [-0.05, 0) is 36.4 Å². The fourth-order valence-electron chi connectivity index (χ4n) is 3.01.